The number of rotatable bonds is 7. The molecule has 0 atom stereocenters. The van der Waals surface area contributed by atoms with Gasteiger partial charge in [0.2, 0.25) is 11.1 Å². The molecule has 1 N–H and O–H groups in total. The Labute approximate surface area is 188 Å². The van der Waals surface area contributed by atoms with E-state index in [4.69, 9.17) is 16.3 Å². The Morgan fingerprint density at radius 1 is 1.06 bits per heavy atom. The number of halogens is 1. The van der Waals surface area contributed by atoms with Gasteiger partial charge >= 0.3 is 0 Å². The number of para-hydroxylation sites is 1. The van der Waals surface area contributed by atoms with Crippen LogP contribution in [-0.2, 0) is 4.79 Å². The highest BCUT2D eigenvalue weighted by Crippen LogP contribution is 2.24. The number of benzene rings is 3. The van der Waals surface area contributed by atoms with Crippen LogP contribution in [0.1, 0.15) is 5.56 Å². The number of hydrogen-bond donors (Lipinski definition) is 1. The van der Waals surface area contributed by atoms with Crippen molar-refractivity contribution in [2.24, 2.45) is 0 Å². The molecule has 0 bridgehead atoms. The van der Waals surface area contributed by atoms with Gasteiger partial charge in [0.1, 0.15) is 11.5 Å². The average Bonchev–Trinajstić information content (AvgIpc) is 3.25. The van der Waals surface area contributed by atoms with E-state index in [0.717, 1.165) is 17.0 Å². The van der Waals surface area contributed by atoms with Crippen LogP contribution in [0.5, 0.6) is 11.5 Å². The number of aromatic nitrogens is 4. The van der Waals surface area contributed by atoms with E-state index in [0.29, 0.717) is 21.6 Å². The molecular weight excluding hydrogens is 434 g/mol. The Balaban J connectivity index is 1.34. The molecule has 1 aromatic heterocycles. The van der Waals surface area contributed by atoms with Crippen LogP contribution in [0.4, 0.5) is 5.69 Å². The highest BCUT2D eigenvalue weighted by molar-refractivity contribution is 7.99. The van der Waals surface area contributed by atoms with Crippen molar-refractivity contribution < 1.29 is 9.53 Å². The molecule has 0 aliphatic heterocycles. The number of thioether (sulfide) groups is 1. The molecular formula is C22H18ClN5O2S. The van der Waals surface area contributed by atoms with E-state index in [2.05, 4.69) is 20.8 Å². The summed E-state index contributed by atoms with van der Waals surface area (Å²) in [6, 6.07) is 22.3. The second-order valence-corrected chi connectivity index (χ2v) is 7.93. The molecule has 0 unspecified atom stereocenters. The van der Waals surface area contributed by atoms with Gasteiger partial charge in [-0.25, -0.2) is 0 Å². The molecule has 1 heterocycles. The van der Waals surface area contributed by atoms with Crippen molar-refractivity contribution in [1.29, 1.82) is 0 Å². The summed E-state index contributed by atoms with van der Waals surface area (Å²) >= 11 is 7.43. The fourth-order valence-electron chi connectivity index (χ4n) is 2.70. The Hall–Kier alpha value is -3.36. The molecule has 0 saturated carbocycles. The van der Waals surface area contributed by atoms with Crippen molar-refractivity contribution in [3.8, 4) is 17.2 Å². The number of nitrogens with one attached hydrogen (secondary N) is 1. The predicted molar refractivity (Wildman–Crippen MR) is 121 cm³/mol. The van der Waals surface area contributed by atoms with Crippen molar-refractivity contribution in [3.63, 3.8) is 0 Å². The van der Waals surface area contributed by atoms with E-state index < -0.39 is 0 Å². The van der Waals surface area contributed by atoms with Gasteiger partial charge in [0.05, 0.1) is 11.4 Å². The first-order valence-electron chi connectivity index (χ1n) is 9.39. The third-order valence-corrected chi connectivity index (χ3v) is 5.62. The van der Waals surface area contributed by atoms with Crippen LogP contribution >= 0.6 is 23.4 Å². The van der Waals surface area contributed by atoms with Gasteiger partial charge in [0.25, 0.3) is 0 Å². The molecule has 0 aliphatic carbocycles. The van der Waals surface area contributed by atoms with E-state index in [-0.39, 0.29) is 11.7 Å². The van der Waals surface area contributed by atoms with Gasteiger partial charge < -0.3 is 10.1 Å². The third kappa shape index (κ3) is 5.42. The molecule has 4 aromatic rings. The lowest BCUT2D eigenvalue weighted by molar-refractivity contribution is -0.113. The lowest BCUT2D eigenvalue weighted by Crippen LogP contribution is -2.14. The average molecular weight is 452 g/mol. The van der Waals surface area contributed by atoms with Gasteiger partial charge in [-0.2, -0.15) is 4.68 Å². The molecule has 4 rings (SSSR count). The first-order valence-corrected chi connectivity index (χ1v) is 10.8. The summed E-state index contributed by atoms with van der Waals surface area (Å²) in [4.78, 5) is 12.4. The molecule has 7 nitrogen and oxygen atoms in total. The maximum atomic E-state index is 12.4. The minimum atomic E-state index is -0.168. The van der Waals surface area contributed by atoms with Crippen molar-refractivity contribution in [2.75, 3.05) is 11.1 Å². The third-order valence-electron chi connectivity index (χ3n) is 4.29. The minimum absolute atomic E-state index is 0.155. The Morgan fingerprint density at radius 2 is 1.81 bits per heavy atom. The summed E-state index contributed by atoms with van der Waals surface area (Å²) in [5, 5.41) is 15.7. The van der Waals surface area contributed by atoms with Gasteiger partial charge in [-0.1, -0.05) is 47.6 Å². The fourth-order valence-corrected chi connectivity index (χ4v) is 3.57. The molecule has 31 heavy (non-hydrogen) atoms. The number of hydrogen-bond acceptors (Lipinski definition) is 6. The number of tetrazole rings is 1. The normalized spacial score (nSPS) is 10.6. The standard InChI is InChI=1S/C22H18ClN5O2S/c1-15-7-10-17(13-20(15)23)28-22(25-26-27-28)31-14-21(29)24-16-8-11-19(12-9-16)30-18-5-3-2-4-6-18/h2-13H,14H2,1H3,(H,24,29). The second-order valence-electron chi connectivity index (χ2n) is 6.58. The summed E-state index contributed by atoms with van der Waals surface area (Å²) < 4.78 is 7.31. The smallest absolute Gasteiger partial charge is 0.234 e. The van der Waals surface area contributed by atoms with Crippen LogP contribution in [0, 0.1) is 6.92 Å². The van der Waals surface area contributed by atoms with Gasteiger partial charge in [0, 0.05) is 10.7 Å². The molecule has 9 heteroatoms. The first-order chi connectivity index (χ1) is 15.1. The molecule has 0 spiro atoms. The highest BCUT2D eigenvalue weighted by Gasteiger charge is 2.13. The molecule has 0 radical (unpaired) electrons. The van der Waals surface area contributed by atoms with Crippen molar-refractivity contribution in [1.82, 2.24) is 20.2 Å². The van der Waals surface area contributed by atoms with Crippen molar-refractivity contribution >= 4 is 35.0 Å². The van der Waals surface area contributed by atoms with Gasteiger partial charge in [-0.15, -0.1) is 5.10 Å². The second kappa shape index (κ2) is 9.63. The van der Waals surface area contributed by atoms with Crippen LogP contribution in [0.15, 0.2) is 78.0 Å². The van der Waals surface area contributed by atoms with Crippen LogP contribution in [-0.4, -0.2) is 31.9 Å². The maximum absolute atomic E-state index is 12.4. The number of nitrogens with zero attached hydrogens (tertiary/aromatic N) is 4. The maximum Gasteiger partial charge on any atom is 0.234 e. The molecule has 0 fully saturated rings. The highest BCUT2D eigenvalue weighted by atomic mass is 35.5. The molecule has 1 amide bonds. The summed E-state index contributed by atoms with van der Waals surface area (Å²) in [7, 11) is 0. The zero-order chi connectivity index (χ0) is 21.6. The number of anilines is 1. The molecule has 0 saturated heterocycles. The molecule has 156 valence electrons. The summed E-state index contributed by atoms with van der Waals surface area (Å²) in [6.07, 6.45) is 0. The minimum Gasteiger partial charge on any atom is -0.457 e. The number of amides is 1. The van der Waals surface area contributed by atoms with E-state index in [1.807, 2.05) is 49.4 Å². The zero-order valence-electron chi connectivity index (χ0n) is 16.5. The number of ether oxygens (including phenoxy) is 1. The van der Waals surface area contributed by atoms with E-state index in [1.165, 1.54) is 11.8 Å². The summed E-state index contributed by atoms with van der Waals surface area (Å²) in [5.41, 5.74) is 2.38. The number of carbonyl (C=O) groups is 1. The van der Waals surface area contributed by atoms with E-state index in [9.17, 15) is 4.79 Å². The Kier molecular flexibility index (Phi) is 6.49. The zero-order valence-corrected chi connectivity index (χ0v) is 18.1. The first kappa shape index (κ1) is 20.9. The van der Waals surface area contributed by atoms with Crippen molar-refractivity contribution in [3.05, 3.63) is 83.4 Å². The van der Waals surface area contributed by atoms with Crippen molar-refractivity contribution in [2.45, 2.75) is 12.1 Å². The molecule has 3 aromatic carbocycles. The largest absolute Gasteiger partial charge is 0.457 e. The van der Waals surface area contributed by atoms with Gasteiger partial charge in [-0.3, -0.25) is 4.79 Å². The monoisotopic (exact) mass is 451 g/mol. The number of aryl methyl sites for hydroxylation is 1. The number of carbonyl (C=O) groups excluding carboxylic acids is 1. The van der Waals surface area contributed by atoms with E-state index >= 15 is 0 Å². The molecule has 0 aliphatic rings. The fraction of sp³-hybridized carbons (Fsp3) is 0.0909. The summed E-state index contributed by atoms with van der Waals surface area (Å²) in [6.45, 7) is 1.92. The lowest BCUT2D eigenvalue weighted by atomic mass is 10.2. The van der Waals surface area contributed by atoms with Gasteiger partial charge in [-0.05, 0) is 71.4 Å². The summed E-state index contributed by atoms with van der Waals surface area (Å²) in [5.74, 6) is 1.43. The van der Waals surface area contributed by atoms with Crippen LogP contribution in [0.25, 0.3) is 5.69 Å². The topological polar surface area (TPSA) is 81.9 Å². The lowest BCUT2D eigenvalue weighted by Gasteiger charge is -2.08. The van der Waals surface area contributed by atoms with Crippen LogP contribution in [0.3, 0.4) is 0 Å². The van der Waals surface area contributed by atoms with E-state index in [1.54, 1.807) is 35.0 Å². The SMILES string of the molecule is Cc1ccc(-n2nnnc2SCC(=O)Nc2ccc(Oc3ccccc3)cc2)cc1Cl. The Bertz CT molecular complexity index is 1180. The quantitative estimate of drug-likeness (QED) is 0.391. The van der Waals surface area contributed by atoms with Crippen LogP contribution in [0.2, 0.25) is 5.02 Å². The van der Waals surface area contributed by atoms with Gasteiger partial charge in [0.15, 0.2) is 0 Å². The van der Waals surface area contributed by atoms with Crippen LogP contribution < -0.4 is 10.1 Å². The Morgan fingerprint density at radius 3 is 2.55 bits per heavy atom. The predicted octanol–water partition coefficient (Wildman–Crippen LogP) is 5.15.